The molecule has 0 bridgehead atoms. The van der Waals surface area contributed by atoms with Gasteiger partial charge < -0.3 is 10.1 Å². The normalized spacial score (nSPS) is 16.4. The summed E-state index contributed by atoms with van der Waals surface area (Å²) < 4.78 is 5.47. The molecule has 1 heterocycles. The second-order valence-electron chi connectivity index (χ2n) is 6.24. The first-order chi connectivity index (χ1) is 12.1. The topological polar surface area (TPSA) is 41.6 Å². The molecule has 2 aromatic carbocycles. The number of amides is 1. The minimum atomic E-state index is -0.0367. The summed E-state index contributed by atoms with van der Waals surface area (Å²) in [6, 6.07) is 15.6. The maximum absolute atomic E-state index is 12.6. The number of halogens is 1. The van der Waals surface area contributed by atoms with Crippen LogP contribution >= 0.6 is 11.6 Å². The van der Waals surface area contributed by atoms with E-state index < -0.39 is 0 Å². The average Bonchev–Trinajstić information content (AvgIpc) is 2.64. The largest absolute Gasteiger partial charge is 0.379 e. The Kier molecular flexibility index (Phi) is 6.08. The highest BCUT2D eigenvalue weighted by Crippen LogP contribution is 2.23. The average molecular weight is 359 g/mol. The maximum Gasteiger partial charge on any atom is 0.251 e. The summed E-state index contributed by atoms with van der Waals surface area (Å²) in [5, 5.41) is 3.81. The monoisotopic (exact) mass is 358 g/mol. The van der Waals surface area contributed by atoms with Crippen LogP contribution in [-0.2, 0) is 4.74 Å². The van der Waals surface area contributed by atoms with Gasteiger partial charge >= 0.3 is 0 Å². The van der Waals surface area contributed by atoms with Crippen molar-refractivity contribution >= 4 is 17.5 Å². The van der Waals surface area contributed by atoms with Gasteiger partial charge in [-0.15, -0.1) is 0 Å². The van der Waals surface area contributed by atoms with Gasteiger partial charge in [0.15, 0.2) is 0 Å². The molecule has 5 heteroatoms. The highest BCUT2D eigenvalue weighted by Gasteiger charge is 2.23. The molecule has 0 saturated carbocycles. The van der Waals surface area contributed by atoms with Gasteiger partial charge in [-0.3, -0.25) is 9.69 Å². The fraction of sp³-hybridized carbons (Fsp3) is 0.350. The fourth-order valence-corrected chi connectivity index (χ4v) is 3.27. The van der Waals surface area contributed by atoms with Gasteiger partial charge in [0.2, 0.25) is 0 Å². The van der Waals surface area contributed by atoms with Gasteiger partial charge in [0.1, 0.15) is 0 Å². The number of hydrogen-bond donors (Lipinski definition) is 1. The lowest BCUT2D eigenvalue weighted by Gasteiger charge is -2.35. The maximum atomic E-state index is 12.6. The van der Waals surface area contributed by atoms with Crippen LogP contribution in [-0.4, -0.2) is 43.7 Å². The number of nitrogens with one attached hydrogen (secondary N) is 1. The second-order valence-corrected chi connectivity index (χ2v) is 6.68. The molecular formula is C20H23ClN2O2. The molecule has 1 amide bonds. The zero-order valence-corrected chi connectivity index (χ0v) is 15.1. The molecule has 0 radical (unpaired) electrons. The zero-order valence-electron chi connectivity index (χ0n) is 14.4. The van der Waals surface area contributed by atoms with Crippen molar-refractivity contribution in [1.29, 1.82) is 0 Å². The molecule has 1 aliphatic heterocycles. The van der Waals surface area contributed by atoms with Crippen molar-refractivity contribution in [2.24, 2.45) is 0 Å². The molecule has 3 rings (SSSR count). The van der Waals surface area contributed by atoms with Crippen molar-refractivity contribution in [2.75, 3.05) is 32.8 Å². The minimum absolute atomic E-state index is 0.0367. The Morgan fingerprint density at radius 2 is 1.84 bits per heavy atom. The molecule has 1 atom stereocenters. The zero-order chi connectivity index (χ0) is 17.6. The number of aryl methyl sites for hydroxylation is 1. The van der Waals surface area contributed by atoms with Gasteiger partial charge in [-0.1, -0.05) is 41.9 Å². The molecule has 2 aromatic rings. The van der Waals surface area contributed by atoms with Crippen LogP contribution in [0.15, 0.2) is 48.5 Å². The fourth-order valence-electron chi connectivity index (χ4n) is 3.14. The molecule has 132 valence electrons. The third-order valence-electron chi connectivity index (χ3n) is 4.59. The van der Waals surface area contributed by atoms with E-state index in [1.165, 1.54) is 0 Å². The first kappa shape index (κ1) is 17.9. The number of carbonyl (C=O) groups is 1. The predicted octanol–water partition coefficient (Wildman–Crippen LogP) is 3.45. The molecule has 0 unspecified atom stereocenters. The van der Waals surface area contributed by atoms with E-state index in [0.29, 0.717) is 11.6 Å². The van der Waals surface area contributed by atoms with Crippen LogP contribution in [0.25, 0.3) is 0 Å². The lowest BCUT2D eigenvalue weighted by Crippen LogP contribution is -2.43. The van der Waals surface area contributed by atoms with Crippen LogP contribution in [0.1, 0.15) is 27.5 Å². The Hall–Kier alpha value is -1.88. The van der Waals surface area contributed by atoms with Crippen molar-refractivity contribution in [1.82, 2.24) is 10.2 Å². The van der Waals surface area contributed by atoms with E-state index >= 15 is 0 Å². The summed E-state index contributed by atoms with van der Waals surface area (Å²) >= 11 is 6.02. The predicted molar refractivity (Wildman–Crippen MR) is 100 cm³/mol. The van der Waals surface area contributed by atoms with Gasteiger partial charge in [-0.05, 0) is 36.2 Å². The Morgan fingerprint density at radius 1 is 1.16 bits per heavy atom. The molecule has 0 aliphatic carbocycles. The van der Waals surface area contributed by atoms with E-state index in [-0.39, 0.29) is 11.9 Å². The standard InChI is InChI=1S/C20H23ClN2O2/c1-15-4-2-3-5-18(15)20(24)22-14-19(23-10-12-25-13-11-23)16-6-8-17(21)9-7-16/h2-9,19H,10-14H2,1H3,(H,22,24)/t19-/m0/s1. The van der Waals surface area contributed by atoms with Crippen LogP contribution < -0.4 is 5.32 Å². The lowest BCUT2D eigenvalue weighted by molar-refractivity contribution is 0.0162. The summed E-state index contributed by atoms with van der Waals surface area (Å²) in [5.74, 6) is -0.0367. The van der Waals surface area contributed by atoms with E-state index in [2.05, 4.69) is 10.2 Å². The SMILES string of the molecule is Cc1ccccc1C(=O)NC[C@@H](c1ccc(Cl)cc1)N1CCOCC1. The number of benzene rings is 2. The van der Waals surface area contributed by atoms with Gasteiger partial charge in [-0.2, -0.15) is 0 Å². The summed E-state index contributed by atoms with van der Waals surface area (Å²) in [6.45, 7) is 5.65. The van der Waals surface area contributed by atoms with E-state index in [1.807, 2.05) is 55.5 Å². The van der Waals surface area contributed by atoms with Crippen LogP contribution in [0.2, 0.25) is 5.02 Å². The first-order valence-corrected chi connectivity index (χ1v) is 8.94. The summed E-state index contributed by atoms with van der Waals surface area (Å²) in [7, 11) is 0. The third kappa shape index (κ3) is 4.60. The third-order valence-corrected chi connectivity index (χ3v) is 4.84. The van der Waals surface area contributed by atoms with Gasteiger partial charge in [0.05, 0.1) is 19.3 Å². The van der Waals surface area contributed by atoms with Crippen LogP contribution in [0, 0.1) is 6.92 Å². The van der Waals surface area contributed by atoms with Crippen molar-refractivity contribution in [2.45, 2.75) is 13.0 Å². The molecule has 1 fully saturated rings. The summed E-state index contributed by atoms with van der Waals surface area (Å²) in [5.41, 5.74) is 2.85. The number of rotatable bonds is 5. The highest BCUT2D eigenvalue weighted by atomic mass is 35.5. The molecule has 1 saturated heterocycles. The van der Waals surface area contributed by atoms with Gasteiger partial charge in [0.25, 0.3) is 5.91 Å². The molecule has 25 heavy (non-hydrogen) atoms. The van der Waals surface area contributed by atoms with Crippen LogP contribution in [0.5, 0.6) is 0 Å². The molecule has 1 N–H and O–H groups in total. The van der Waals surface area contributed by atoms with Crippen molar-refractivity contribution in [3.63, 3.8) is 0 Å². The number of morpholine rings is 1. The smallest absolute Gasteiger partial charge is 0.251 e. The molecular weight excluding hydrogens is 336 g/mol. The molecule has 1 aliphatic rings. The first-order valence-electron chi connectivity index (χ1n) is 8.56. The molecule has 0 spiro atoms. The van der Waals surface area contributed by atoms with Crippen LogP contribution in [0.4, 0.5) is 0 Å². The van der Waals surface area contributed by atoms with Crippen molar-refractivity contribution < 1.29 is 9.53 Å². The van der Waals surface area contributed by atoms with Crippen molar-refractivity contribution in [3.05, 3.63) is 70.2 Å². The van der Waals surface area contributed by atoms with Crippen LogP contribution in [0.3, 0.4) is 0 Å². The Morgan fingerprint density at radius 3 is 2.52 bits per heavy atom. The lowest BCUT2D eigenvalue weighted by atomic mass is 10.0. The quantitative estimate of drug-likeness (QED) is 0.890. The van der Waals surface area contributed by atoms with E-state index in [9.17, 15) is 4.79 Å². The number of nitrogens with zero attached hydrogens (tertiary/aromatic N) is 1. The number of ether oxygens (including phenoxy) is 1. The number of hydrogen-bond acceptors (Lipinski definition) is 3. The van der Waals surface area contributed by atoms with E-state index in [4.69, 9.17) is 16.3 Å². The Bertz CT molecular complexity index is 712. The molecule has 0 aromatic heterocycles. The number of carbonyl (C=O) groups excluding carboxylic acids is 1. The molecule has 4 nitrogen and oxygen atoms in total. The minimum Gasteiger partial charge on any atom is -0.379 e. The van der Waals surface area contributed by atoms with Gasteiger partial charge in [0, 0.05) is 30.2 Å². The summed E-state index contributed by atoms with van der Waals surface area (Å²) in [6.07, 6.45) is 0. The van der Waals surface area contributed by atoms with Gasteiger partial charge in [-0.25, -0.2) is 0 Å². The van der Waals surface area contributed by atoms with Crippen molar-refractivity contribution in [3.8, 4) is 0 Å². The second kappa shape index (κ2) is 8.48. The Balaban J connectivity index is 1.74. The highest BCUT2D eigenvalue weighted by molar-refractivity contribution is 6.30. The Labute approximate surface area is 153 Å². The van der Waals surface area contributed by atoms with E-state index in [1.54, 1.807) is 0 Å². The summed E-state index contributed by atoms with van der Waals surface area (Å²) in [4.78, 5) is 14.9. The van der Waals surface area contributed by atoms with E-state index in [0.717, 1.165) is 43.0 Å².